The zero-order chi connectivity index (χ0) is 15.4. The third-order valence-electron chi connectivity index (χ3n) is 2.90. The van der Waals surface area contributed by atoms with Gasteiger partial charge < -0.3 is 14.6 Å². The summed E-state index contributed by atoms with van der Waals surface area (Å²) >= 11 is 0. The van der Waals surface area contributed by atoms with E-state index in [4.69, 9.17) is 14.7 Å². The molecule has 0 fully saturated rings. The van der Waals surface area contributed by atoms with Crippen molar-refractivity contribution in [2.45, 2.75) is 6.92 Å². The van der Waals surface area contributed by atoms with Gasteiger partial charge in [-0.2, -0.15) is 5.26 Å². The maximum Gasteiger partial charge on any atom is 0.339 e. The Kier molecular flexibility index (Phi) is 4.10. The van der Waals surface area contributed by atoms with Crippen molar-refractivity contribution in [3.63, 3.8) is 0 Å². The van der Waals surface area contributed by atoms with E-state index in [1.807, 2.05) is 13.0 Å². The van der Waals surface area contributed by atoms with E-state index in [9.17, 15) is 9.90 Å². The van der Waals surface area contributed by atoms with Crippen LogP contribution in [0.3, 0.4) is 0 Å². The number of methoxy groups -OCH3 is 1. The number of carboxylic acid groups (broad SMARTS) is 1. The van der Waals surface area contributed by atoms with Crippen LogP contribution in [0.1, 0.15) is 21.5 Å². The number of ether oxygens (including phenoxy) is 2. The summed E-state index contributed by atoms with van der Waals surface area (Å²) in [5.74, 6) is -0.128. The summed E-state index contributed by atoms with van der Waals surface area (Å²) in [6, 6.07) is 11.5. The number of carboxylic acids is 1. The van der Waals surface area contributed by atoms with Crippen molar-refractivity contribution < 1.29 is 19.4 Å². The molecule has 0 aromatic heterocycles. The van der Waals surface area contributed by atoms with Gasteiger partial charge in [0, 0.05) is 6.07 Å². The second kappa shape index (κ2) is 5.97. The van der Waals surface area contributed by atoms with Crippen LogP contribution in [0.2, 0.25) is 0 Å². The maximum absolute atomic E-state index is 11.2. The van der Waals surface area contributed by atoms with Gasteiger partial charge in [-0.1, -0.05) is 6.07 Å². The highest BCUT2D eigenvalue weighted by Gasteiger charge is 2.14. The lowest BCUT2D eigenvalue weighted by Crippen LogP contribution is -2.01. The van der Waals surface area contributed by atoms with Gasteiger partial charge in [0.1, 0.15) is 28.9 Å². The Bertz CT molecular complexity index is 732. The van der Waals surface area contributed by atoms with Crippen molar-refractivity contribution in [2.24, 2.45) is 0 Å². The Labute approximate surface area is 122 Å². The normalized spacial score (nSPS) is 9.76. The van der Waals surface area contributed by atoms with Crippen LogP contribution in [-0.2, 0) is 0 Å². The summed E-state index contributed by atoms with van der Waals surface area (Å²) in [7, 11) is 1.50. The van der Waals surface area contributed by atoms with Crippen molar-refractivity contribution >= 4 is 5.97 Å². The molecule has 1 N–H and O–H groups in total. The summed E-state index contributed by atoms with van der Waals surface area (Å²) in [4.78, 5) is 11.2. The van der Waals surface area contributed by atoms with Crippen LogP contribution in [0, 0.1) is 18.3 Å². The summed E-state index contributed by atoms with van der Waals surface area (Å²) < 4.78 is 10.7. The molecular weight excluding hydrogens is 270 g/mol. The molecule has 2 aromatic carbocycles. The Hall–Kier alpha value is -3.00. The molecule has 0 bridgehead atoms. The molecule has 0 aliphatic rings. The first-order chi connectivity index (χ1) is 10.0. The van der Waals surface area contributed by atoms with E-state index in [-0.39, 0.29) is 17.1 Å². The average molecular weight is 283 g/mol. The fourth-order valence-corrected chi connectivity index (χ4v) is 1.82. The van der Waals surface area contributed by atoms with E-state index in [2.05, 4.69) is 0 Å². The highest BCUT2D eigenvalue weighted by Crippen LogP contribution is 2.31. The number of hydrogen-bond acceptors (Lipinski definition) is 4. The van der Waals surface area contributed by atoms with Gasteiger partial charge in [-0.15, -0.1) is 0 Å². The number of carbonyl (C=O) groups is 1. The predicted molar refractivity (Wildman–Crippen MR) is 75.9 cm³/mol. The van der Waals surface area contributed by atoms with E-state index < -0.39 is 5.97 Å². The number of rotatable bonds is 4. The van der Waals surface area contributed by atoms with Crippen LogP contribution >= 0.6 is 0 Å². The Balaban J connectivity index is 2.49. The van der Waals surface area contributed by atoms with Gasteiger partial charge in [-0.05, 0) is 36.8 Å². The standard InChI is InChI=1S/C16H13NO4/c1-10-3-6-13(16(18)19)15(7-10)21-14-8-12(20-2)5-4-11(14)9-17/h3-8H,1-2H3,(H,18,19). The van der Waals surface area contributed by atoms with Crippen LogP contribution < -0.4 is 9.47 Å². The monoisotopic (exact) mass is 283 g/mol. The summed E-state index contributed by atoms with van der Waals surface area (Å²) in [6.07, 6.45) is 0. The molecule has 21 heavy (non-hydrogen) atoms. The third-order valence-corrected chi connectivity index (χ3v) is 2.90. The Morgan fingerprint density at radius 3 is 2.57 bits per heavy atom. The molecule has 0 aliphatic carbocycles. The molecule has 0 radical (unpaired) electrons. The Morgan fingerprint density at radius 1 is 1.19 bits per heavy atom. The molecule has 0 unspecified atom stereocenters. The lowest BCUT2D eigenvalue weighted by molar-refractivity contribution is 0.0694. The average Bonchev–Trinajstić information content (AvgIpc) is 2.47. The van der Waals surface area contributed by atoms with E-state index >= 15 is 0 Å². The molecule has 0 amide bonds. The van der Waals surface area contributed by atoms with E-state index in [1.165, 1.54) is 13.2 Å². The summed E-state index contributed by atoms with van der Waals surface area (Å²) in [6.45, 7) is 1.83. The van der Waals surface area contributed by atoms with E-state index in [1.54, 1.807) is 30.3 Å². The van der Waals surface area contributed by atoms with E-state index in [0.29, 0.717) is 11.3 Å². The van der Waals surface area contributed by atoms with Crippen LogP contribution in [-0.4, -0.2) is 18.2 Å². The van der Waals surface area contributed by atoms with Crippen LogP contribution in [0.5, 0.6) is 17.2 Å². The number of nitrogens with zero attached hydrogens (tertiary/aromatic N) is 1. The molecule has 0 atom stereocenters. The van der Waals surface area contributed by atoms with Gasteiger partial charge >= 0.3 is 5.97 Å². The number of hydrogen-bond donors (Lipinski definition) is 1. The van der Waals surface area contributed by atoms with Crippen LogP contribution in [0.15, 0.2) is 36.4 Å². The second-order valence-electron chi connectivity index (χ2n) is 4.38. The molecule has 0 aliphatic heterocycles. The fourth-order valence-electron chi connectivity index (χ4n) is 1.82. The molecule has 0 spiro atoms. The highest BCUT2D eigenvalue weighted by atomic mass is 16.5. The van der Waals surface area contributed by atoms with Crippen molar-refractivity contribution in [2.75, 3.05) is 7.11 Å². The van der Waals surface area contributed by atoms with E-state index in [0.717, 1.165) is 5.56 Å². The van der Waals surface area contributed by atoms with Gasteiger partial charge in [-0.3, -0.25) is 0 Å². The maximum atomic E-state index is 11.2. The first-order valence-corrected chi connectivity index (χ1v) is 6.15. The Morgan fingerprint density at radius 2 is 1.95 bits per heavy atom. The van der Waals surface area contributed by atoms with Crippen molar-refractivity contribution in [1.29, 1.82) is 5.26 Å². The van der Waals surface area contributed by atoms with Crippen LogP contribution in [0.4, 0.5) is 0 Å². The first kappa shape index (κ1) is 14.4. The molecule has 2 rings (SSSR count). The minimum Gasteiger partial charge on any atom is -0.497 e. The predicted octanol–water partition coefficient (Wildman–Crippen LogP) is 3.37. The van der Waals surface area contributed by atoms with Gasteiger partial charge in [0.15, 0.2) is 0 Å². The molecule has 5 nitrogen and oxygen atoms in total. The number of aromatic carboxylic acids is 1. The smallest absolute Gasteiger partial charge is 0.339 e. The summed E-state index contributed by atoms with van der Waals surface area (Å²) in [5, 5.41) is 18.3. The zero-order valence-corrected chi connectivity index (χ0v) is 11.6. The molecular formula is C16H13NO4. The van der Waals surface area contributed by atoms with Gasteiger partial charge in [0.2, 0.25) is 0 Å². The zero-order valence-electron chi connectivity index (χ0n) is 11.6. The fraction of sp³-hybridized carbons (Fsp3) is 0.125. The molecule has 0 heterocycles. The number of aryl methyl sites for hydroxylation is 1. The molecule has 5 heteroatoms. The molecule has 2 aromatic rings. The molecule has 0 saturated heterocycles. The molecule has 106 valence electrons. The van der Waals surface area contributed by atoms with Crippen LogP contribution in [0.25, 0.3) is 0 Å². The first-order valence-electron chi connectivity index (χ1n) is 6.15. The number of nitriles is 1. The molecule has 0 saturated carbocycles. The topological polar surface area (TPSA) is 79.5 Å². The highest BCUT2D eigenvalue weighted by molar-refractivity contribution is 5.91. The largest absolute Gasteiger partial charge is 0.497 e. The SMILES string of the molecule is COc1ccc(C#N)c(Oc2cc(C)ccc2C(=O)O)c1. The summed E-state index contributed by atoms with van der Waals surface area (Å²) in [5.41, 5.74) is 1.19. The lowest BCUT2D eigenvalue weighted by Gasteiger charge is -2.12. The van der Waals surface area contributed by atoms with Gasteiger partial charge in [0.25, 0.3) is 0 Å². The minimum absolute atomic E-state index is 0.0345. The van der Waals surface area contributed by atoms with Crippen molar-refractivity contribution in [3.05, 3.63) is 53.1 Å². The van der Waals surface area contributed by atoms with Gasteiger partial charge in [0.05, 0.1) is 12.7 Å². The van der Waals surface area contributed by atoms with Crippen molar-refractivity contribution in [1.82, 2.24) is 0 Å². The minimum atomic E-state index is -1.09. The third kappa shape index (κ3) is 3.12. The quantitative estimate of drug-likeness (QED) is 0.930. The number of benzene rings is 2. The lowest BCUT2D eigenvalue weighted by atomic mass is 10.1. The van der Waals surface area contributed by atoms with Crippen molar-refractivity contribution in [3.8, 4) is 23.3 Å². The van der Waals surface area contributed by atoms with Gasteiger partial charge in [-0.25, -0.2) is 4.79 Å². The second-order valence-corrected chi connectivity index (χ2v) is 4.38.